The largest absolute Gasteiger partial charge is 0.399 e. The first-order valence-electron chi connectivity index (χ1n) is 16.5. The number of benzene rings is 4. The van der Waals surface area contributed by atoms with Gasteiger partial charge in [-0.3, -0.25) is 18.7 Å². The van der Waals surface area contributed by atoms with Gasteiger partial charge in [0.15, 0.2) is 0 Å². The first-order valence-corrected chi connectivity index (χ1v) is 18.3. The van der Waals surface area contributed by atoms with Crippen molar-refractivity contribution >= 4 is 39.1 Å². The van der Waals surface area contributed by atoms with E-state index in [9.17, 15) is 27.2 Å². The zero-order valence-corrected chi connectivity index (χ0v) is 30.1. The second kappa shape index (κ2) is 17.1. The number of anilines is 2. The summed E-state index contributed by atoms with van der Waals surface area (Å²) in [5.74, 6) is -1.74. The van der Waals surface area contributed by atoms with Crippen LogP contribution in [0.15, 0.2) is 97.1 Å². The lowest BCUT2D eigenvalue weighted by Gasteiger charge is -2.24. The van der Waals surface area contributed by atoms with Crippen molar-refractivity contribution in [2.24, 2.45) is 0 Å². The van der Waals surface area contributed by atoms with Crippen molar-refractivity contribution in [3.8, 4) is 0 Å². The van der Waals surface area contributed by atoms with Crippen LogP contribution in [0.25, 0.3) is 0 Å². The predicted molar refractivity (Wildman–Crippen MR) is 198 cm³/mol. The van der Waals surface area contributed by atoms with E-state index in [4.69, 9.17) is 5.73 Å². The van der Waals surface area contributed by atoms with E-state index in [0.717, 1.165) is 21.7 Å². The van der Waals surface area contributed by atoms with Gasteiger partial charge in [-0.15, -0.1) is 0 Å². The molecule has 0 aliphatic heterocycles. The minimum absolute atomic E-state index is 0.0559. The van der Waals surface area contributed by atoms with E-state index >= 15 is 0 Å². The number of hydrogen-bond acceptors (Lipinski definition) is 7. The zero-order valence-electron chi connectivity index (χ0n) is 29.3. The Bertz CT molecular complexity index is 1920. The number of amides is 3. The van der Waals surface area contributed by atoms with Gasteiger partial charge in [0, 0.05) is 36.4 Å². The average Bonchev–Trinajstić information content (AvgIpc) is 3.10. The van der Waals surface area contributed by atoms with Crippen LogP contribution < -0.4 is 31.3 Å². The molecule has 0 saturated carbocycles. The van der Waals surface area contributed by atoms with Crippen LogP contribution in [0.4, 0.5) is 15.8 Å². The fourth-order valence-electron chi connectivity index (χ4n) is 5.32. The number of nitrogens with one attached hydrogen (secondary N) is 4. The van der Waals surface area contributed by atoms with Crippen molar-refractivity contribution in [3.63, 3.8) is 0 Å². The molecule has 0 aliphatic rings. The highest BCUT2D eigenvalue weighted by molar-refractivity contribution is 7.92. The highest BCUT2D eigenvalue weighted by Crippen LogP contribution is 2.22. The molecule has 4 atom stereocenters. The van der Waals surface area contributed by atoms with Gasteiger partial charge in [-0.2, -0.15) is 0 Å². The molecule has 0 spiro atoms. The van der Waals surface area contributed by atoms with Gasteiger partial charge in [-0.25, -0.2) is 12.8 Å². The van der Waals surface area contributed by atoms with Gasteiger partial charge in [0.25, 0.3) is 11.8 Å². The maximum atomic E-state index is 13.9. The molecule has 13 heteroatoms. The summed E-state index contributed by atoms with van der Waals surface area (Å²) in [6.07, 6.45) is 1.44. The Hall–Kier alpha value is -5.27. The van der Waals surface area contributed by atoms with Gasteiger partial charge in [0.1, 0.15) is 5.82 Å². The standard InChI is InChI=1S/C38H45FN6O5S/c1-24(29-13-17-33(40)18-14-29)42-36(46)26(3)41-23-34(19-27-9-7-6-8-10-27)44-38(48)31-20-30(21-35(22-31)45(4)51(5,49)50)37(47)43-25(2)28-11-15-32(39)16-12-28/h6-18,20-22,24-26,34,41H,19,23,40H2,1-5H3,(H,42,46)(H,43,47)(H,44,48)/t24-,25-,26+,34+/m1/s1. The fourth-order valence-corrected chi connectivity index (χ4v) is 5.81. The third-order valence-corrected chi connectivity index (χ3v) is 9.75. The number of nitrogens with zero attached hydrogens (tertiary/aromatic N) is 1. The molecule has 0 bridgehead atoms. The summed E-state index contributed by atoms with van der Waals surface area (Å²) in [5, 5.41) is 12.1. The van der Waals surface area contributed by atoms with Gasteiger partial charge in [-0.05, 0) is 86.3 Å². The van der Waals surface area contributed by atoms with Crippen LogP contribution in [-0.2, 0) is 21.2 Å². The van der Waals surface area contributed by atoms with E-state index in [0.29, 0.717) is 17.7 Å². The average molecular weight is 717 g/mol. The van der Waals surface area contributed by atoms with Crippen molar-refractivity contribution in [2.75, 3.05) is 29.9 Å². The third-order valence-electron chi connectivity index (χ3n) is 8.54. The molecule has 0 saturated heterocycles. The second-order valence-electron chi connectivity index (χ2n) is 12.6. The quantitative estimate of drug-likeness (QED) is 0.113. The molecule has 6 N–H and O–H groups in total. The zero-order chi connectivity index (χ0) is 37.3. The lowest BCUT2D eigenvalue weighted by molar-refractivity contribution is -0.123. The number of carbonyl (C=O) groups is 3. The monoisotopic (exact) mass is 716 g/mol. The Morgan fingerprint density at radius 1 is 0.765 bits per heavy atom. The number of halogens is 1. The van der Waals surface area contributed by atoms with Crippen LogP contribution in [0.3, 0.4) is 0 Å². The molecule has 4 rings (SSSR count). The van der Waals surface area contributed by atoms with E-state index in [-0.39, 0.29) is 35.3 Å². The maximum Gasteiger partial charge on any atom is 0.251 e. The van der Waals surface area contributed by atoms with Gasteiger partial charge in [-0.1, -0.05) is 54.6 Å². The summed E-state index contributed by atoms with van der Waals surface area (Å²) < 4.78 is 39.4. The first kappa shape index (κ1) is 38.5. The van der Waals surface area contributed by atoms with Crippen molar-refractivity contribution in [3.05, 3.63) is 131 Å². The summed E-state index contributed by atoms with van der Waals surface area (Å²) in [6, 6.07) is 24.8. The van der Waals surface area contributed by atoms with Crippen LogP contribution in [0.5, 0.6) is 0 Å². The number of rotatable bonds is 15. The molecule has 3 amide bonds. The van der Waals surface area contributed by atoms with E-state index in [2.05, 4.69) is 21.3 Å². The molecule has 0 aliphatic carbocycles. The van der Waals surface area contributed by atoms with Crippen molar-refractivity contribution < 1.29 is 27.2 Å². The number of hydrogen-bond donors (Lipinski definition) is 5. The van der Waals surface area contributed by atoms with Gasteiger partial charge >= 0.3 is 0 Å². The van der Waals surface area contributed by atoms with Gasteiger partial charge in [0.05, 0.1) is 30.1 Å². The molecule has 0 aromatic heterocycles. The minimum atomic E-state index is -3.75. The Balaban J connectivity index is 1.54. The smallest absolute Gasteiger partial charge is 0.251 e. The molecule has 4 aromatic carbocycles. The van der Waals surface area contributed by atoms with Gasteiger partial charge in [0.2, 0.25) is 15.9 Å². The van der Waals surface area contributed by atoms with Crippen LogP contribution in [-0.4, -0.2) is 58.1 Å². The second-order valence-corrected chi connectivity index (χ2v) is 14.6. The van der Waals surface area contributed by atoms with E-state index < -0.39 is 45.8 Å². The maximum absolute atomic E-state index is 13.9. The molecule has 0 radical (unpaired) electrons. The third kappa shape index (κ3) is 11.1. The number of sulfonamides is 1. The highest BCUT2D eigenvalue weighted by atomic mass is 32.2. The normalized spacial score (nSPS) is 13.7. The van der Waals surface area contributed by atoms with Crippen LogP contribution in [0.2, 0.25) is 0 Å². The first-order chi connectivity index (χ1) is 24.1. The molecule has 11 nitrogen and oxygen atoms in total. The predicted octanol–water partition coefficient (Wildman–Crippen LogP) is 4.49. The van der Waals surface area contributed by atoms with E-state index in [1.165, 1.54) is 37.4 Å². The summed E-state index contributed by atoms with van der Waals surface area (Å²) in [5.41, 5.74) is 9.15. The fraction of sp³-hybridized carbons (Fsp3) is 0.289. The van der Waals surface area contributed by atoms with Crippen LogP contribution in [0, 0.1) is 5.82 Å². The molecule has 0 unspecified atom stereocenters. The van der Waals surface area contributed by atoms with Crippen molar-refractivity contribution in [1.29, 1.82) is 0 Å². The molecule has 270 valence electrons. The molecule has 0 fully saturated rings. The summed E-state index contributed by atoms with van der Waals surface area (Å²) >= 11 is 0. The molecule has 4 aromatic rings. The van der Waals surface area contributed by atoms with Crippen molar-refractivity contribution in [2.45, 2.75) is 51.4 Å². The molecule has 51 heavy (non-hydrogen) atoms. The molecular formula is C38H45FN6O5S. The Morgan fingerprint density at radius 3 is 1.86 bits per heavy atom. The minimum Gasteiger partial charge on any atom is -0.399 e. The highest BCUT2D eigenvalue weighted by Gasteiger charge is 2.23. The van der Waals surface area contributed by atoms with E-state index in [1.54, 1.807) is 38.1 Å². The summed E-state index contributed by atoms with van der Waals surface area (Å²) in [4.78, 5) is 40.4. The van der Waals surface area contributed by atoms with E-state index in [1.807, 2.05) is 49.4 Å². The Kier molecular flexibility index (Phi) is 12.9. The Morgan fingerprint density at radius 2 is 1.29 bits per heavy atom. The SMILES string of the molecule is C[C@H](NC[C@H](Cc1ccccc1)NC(=O)c1cc(C(=O)N[C@H](C)c2ccc(F)cc2)cc(N(C)S(C)(=O)=O)c1)C(=O)N[C@H](C)c1ccc(N)cc1. The lowest BCUT2D eigenvalue weighted by atomic mass is 10.0. The topological polar surface area (TPSA) is 163 Å². The Labute approximate surface area is 298 Å². The number of nitrogens with two attached hydrogens (primary N) is 1. The summed E-state index contributed by atoms with van der Waals surface area (Å²) in [6.45, 7) is 5.56. The molecular weight excluding hydrogens is 672 g/mol. The van der Waals surface area contributed by atoms with Crippen molar-refractivity contribution in [1.82, 2.24) is 21.3 Å². The van der Waals surface area contributed by atoms with Crippen LogP contribution >= 0.6 is 0 Å². The summed E-state index contributed by atoms with van der Waals surface area (Å²) in [7, 11) is -2.42. The van der Waals surface area contributed by atoms with Gasteiger partial charge < -0.3 is 27.0 Å². The number of nitrogen functional groups attached to an aromatic ring is 1. The molecule has 0 heterocycles. The van der Waals surface area contributed by atoms with Crippen LogP contribution in [0.1, 0.15) is 70.3 Å². The number of carbonyl (C=O) groups excluding carboxylic acids is 3. The lowest BCUT2D eigenvalue weighted by Crippen LogP contribution is -2.49.